The molecule has 0 saturated heterocycles. The average Bonchev–Trinajstić information content (AvgIpc) is 3.01. The lowest BCUT2D eigenvalue weighted by Gasteiger charge is -2.20. The molecule has 136 valence electrons. The van der Waals surface area contributed by atoms with Gasteiger partial charge >= 0.3 is 0 Å². The number of amides is 1. The summed E-state index contributed by atoms with van der Waals surface area (Å²) in [5.74, 6) is -0.608. The predicted molar refractivity (Wildman–Crippen MR) is 105 cm³/mol. The fraction of sp³-hybridized carbons (Fsp3) is 0.300. The Morgan fingerprint density at radius 3 is 2.42 bits per heavy atom. The first-order valence-corrected chi connectivity index (χ1v) is 9.62. The highest BCUT2D eigenvalue weighted by molar-refractivity contribution is 7.16. The van der Waals surface area contributed by atoms with E-state index in [1.807, 2.05) is 25.1 Å². The Balaban J connectivity index is 1.99. The van der Waals surface area contributed by atoms with Crippen molar-refractivity contribution in [3.63, 3.8) is 0 Å². The lowest BCUT2D eigenvalue weighted by molar-refractivity contribution is 0.0998. The van der Waals surface area contributed by atoms with Crippen molar-refractivity contribution in [1.82, 2.24) is 4.57 Å². The van der Waals surface area contributed by atoms with Gasteiger partial charge in [-0.25, -0.2) is 4.39 Å². The van der Waals surface area contributed by atoms with E-state index in [9.17, 15) is 9.18 Å². The van der Waals surface area contributed by atoms with Gasteiger partial charge in [0.1, 0.15) is 5.82 Å². The molecule has 1 amide bonds. The Morgan fingerprint density at radius 1 is 1.12 bits per heavy atom. The maximum atomic E-state index is 14.1. The summed E-state index contributed by atoms with van der Waals surface area (Å²) in [6.07, 6.45) is 0. The van der Waals surface area contributed by atoms with Crippen molar-refractivity contribution in [2.45, 2.75) is 27.3 Å². The van der Waals surface area contributed by atoms with Crippen LogP contribution in [0, 0.1) is 5.82 Å². The number of aryl methyl sites for hydroxylation is 1. The zero-order chi connectivity index (χ0) is 18.7. The lowest BCUT2D eigenvalue weighted by atomic mass is 10.2. The summed E-state index contributed by atoms with van der Waals surface area (Å²) < 4.78 is 16.7. The largest absolute Gasteiger partial charge is 0.372 e. The molecule has 0 saturated carbocycles. The summed E-state index contributed by atoms with van der Waals surface area (Å²) in [6, 6.07) is 12.4. The van der Waals surface area contributed by atoms with E-state index < -0.39 is 0 Å². The molecule has 26 heavy (non-hydrogen) atoms. The molecule has 2 aromatic carbocycles. The maximum Gasteiger partial charge on any atom is 0.279 e. The van der Waals surface area contributed by atoms with Crippen molar-refractivity contribution < 1.29 is 9.18 Å². The average molecular weight is 371 g/mol. The molecule has 0 radical (unpaired) electrons. The van der Waals surface area contributed by atoms with E-state index in [-0.39, 0.29) is 11.7 Å². The zero-order valence-corrected chi connectivity index (χ0v) is 16.0. The number of rotatable bonds is 5. The number of anilines is 1. The van der Waals surface area contributed by atoms with Crippen LogP contribution >= 0.6 is 11.3 Å². The fourth-order valence-electron chi connectivity index (χ4n) is 3.02. The number of halogens is 1. The molecule has 1 aromatic heterocycles. The molecule has 0 aliphatic heterocycles. The second kappa shape index (κ2) is 7.83. The molecule has 0 aliphatic rings. The molecule has 4 nitrogen and oxygen atoms in total. The maximum absolute atomic E-state index is 14.1. The molecule has 3 aromatic rings. The highest BCUT2D eigenvalue weighted by Crippen LogP contribution is 2.20. The van der Waals surface area contributed by atoms with Gasteiger partial charge in [0.2, 0.25) is 0 Å². The Kier molecular flexibility index (Phi) is 5.52. The van der Waals surface area contributed by atoms with Crippen LogP contribution in [-0.2, 0) is 6.54 Å². The van der Waals surface area contributed by atoms with E-state index in [1.54, 1.807) is 22.8 Å². The summed E-state index contributed by atoms with van der Waals surface area (Å²) in [5.41, 5.74) is 2.11. The van der Waals surface area contributed by atoms with Gasteiger partial charge in [-0.15, -0.1) is 0 Å². The topological polar surface area (TPSA) is 37.6 Å². The summed E-state index contributed by atoms with van der Waals surface area (Å²) in [6.45, 7) is 8.49. The normalized spacial score (nSPS) is 11.9. The van der Waals surface area contributed by atoms with Crippen LogP contribution in [0.4, 0.5) is 10.1 Å². The quantitative estimate of drug-likeness (QED) is 0.664. The van der Waals surface area contributed by atoms with Crippen molar-refractivity contribution in [3.8, 4) is 0 Å². The molecule has 3 rings (SSSR count). The van der Waals surface area contributed by atoms with E-state index in [0.717, 1.165) is 23.5 Å². The Hall–Kier alpha value is -2.47. The molecule has 0 unspecified atom stereocenters. The number of hydrogen-bond donors (Lipinski definition) is 0. The molecular formula is C20H22FN3OS. The van der Waals surface area contributed by atoms with E-state index in [2.05, 4.69) is 23.7 Å². The Labute approximate surface area is 156 Å². The van der Waals surface area contributed by atoms with Gasteiger partial charge in [0, 0.05) is 30.9 Å². The summed E-state index contributed by atoms with van der Waals surface area (Å²) in [5, 5.41) is 0. The minimum atomic E-state index is -0.315. The minimum Gasteiger partial charge on any atom is -0.372 e. The molecule has 0 aliphatic carbocycles. The van der Waals surface area contributed by atoms with Gasteiger partial charge in [-0.2, -0.15) is 4.99 Å². The molecule has 6 heteroatoms. The fourth-order valence-corrected chi connectivity index (χ4v) is 4.13. The summed E-state index contributed by atoms with van der Waals surface area (Å²) in [7, 11) is 0. The first-order chi connectivity index (χ1) is 12.6. The Bertz CT molecular complexity index is 984. The lowest BCUT2D eigenvalue weighted by Crippen LogP contribution is -2.21. The number of carbonyl (C=O) groups excluding carboxylic acids is 1. The molecule has 0 bridgehead atoms. The number of aromatic nitrogens is 1. The van der Waals surface area contributed by atoms with Gasteiger partial charge in [0.15, 0.2) is 4.80 Å². The number of nitrogens with zero attached hydrogens (tertiary/aromatic N) is 3. The predicted octanol–water partition coefficient (Wildman–Crippen LogP) is 4.45. The third-order valence-corrected chi connectivity index (χ3v) is 5.45. The summed E-state index contributed by atoms with van der Waals surface area (Å²) in [4.78, 5) is 19.6. The van der Waals surface area contributed by atoms with Crippen LogP contribution in [0.15, 0.2) is 47.5 Å². The van der Waals surface area contributed by atoms with Gasteiger partial charge < -0.3 is 9.47 Å². The molecule has 0 atom stereocenters. The molecule has 0 spiro atoms. The van der Waals surface area contributed by atoms with Crippen LogP contribution < -0.4 is 9.70 Å². The third kappa shape index (κ3) is 3.42. The highest BCUT2D eigenvalue weighted by Gasteiger charge is 2.12. The van der Waals surface area contributed by atoms with Crippen molar-refractivity contribution in [2.75, 3.05) is 18.0 Å². The standard InChI is InChI=1S/C20H22FN3OS/c1-4-23(5-2)15-12-10-14(11-13-15)19(25)22-20-24(6-3)18-16(21)8-7-9-17(18)26-20/h7-13H,4-6H2,1-3H3. The molecule has 0 N–H and O–H groups in total. The van der Waals surface area contributed by atoms with Gasteiger partial charge in [-0.3, -0.25) is 4.79 Å². The molecular weight excluding hydrogens is 349 g/mol. The molecule has 1 heterocycles. The number of para-hydroxylation sites is 1. The van der Waals surface area contributed by atoms with Crippen LogP contribution in [0.2, 0.25) is 0 Å². The number of thiazole rings is 1. The van der Waals surface area contributed by atoms with Gasteiger partial charge in [-0.05, 0) is 57.2 Å². The van der Waals surface area contributed by atoms with Crippen molar-refractivity contribution in [1.29, 1.82) is 0 Å². The minimum absolute atomic E-state index is 0.293. The zero-order valence-electron chi connectivity index (χ0n) is 15.2. The first-order valence-electron chi connectivity index (χ1n) is 8.80. The van der Waals surface area contributed by atoms with Crippen LogP contribution in [0.25, 0.3) is 10.2 Å². The monoisotopic (exact) mass is 371 g/mol. The SMILES string of the molecule is CCN(CC)c1ccc(C(=O)N=c2sc3cccc(F)c3n2CC)cc1. The van der Waals surface area contributed by atoms with Crippen LogP contribution in [0.1, 0.15) is 31.1 Å². The van der Waals surface area contributed by atoms with Gasteiger partial charge in [0.25, 0.3) is 5.91 Å². The van der Waals surface area contributed by atoms with Crippen LogP contribution in [0.3, 0.4) is 0 Å². The molecule has 0 fully saturated rings. The third-order valence-electron chi connectivity index (χ3n) is 4.41. The van der Waals surface area contributed by atoms with E-state index >= 15 is 0 Å². The smallest absolute Gasteiger partial charge is 0.279 e. The second-order valence-corrected chi connectivity index (χ2v) is 6.86. The van der Waals surface area contributed by atoms with Crippen molar-refractivity contribution >= 4 is 33.1 Å². The van der Waals surface area contributed by atoms with Crippen LogP contribution in [-0.4, -0.2) is 23.6 Å². The number of benzene rings is 2. The number of carbonyl (C=O) groups is 1. The van der Waals surface area contributed by atoms with Gasteiger partial charge in [-0.1, -0.05) is 17.4 Å². The van der Waals surface area contributed by atoms with E-state index in [4.69, 9.17) is 0 Å². The van der Waals surface area contributed by atoms with Crippen molar-refractivity contribution in [3.05, 3.63) is 58.6 Å². The highest BCUT2D eigenvalue weighted by atomic mass is 32.1. The van der Waals surface area contributed by atoms with Crippen molar-refractivity contribution in [2.24, 2.45) is 4.99 Å². The van der Waals surface area contributed by atoms with E-state index in [0.29, 0.717) is 22.4 Å². The number of hydrogen-bond acceptors (Lipinski definition) is 3. The van der Waals surface area contributed by atoms with Crippen LogP contribution in [0.5, 0.6) is 0 Å². The second-order valence-electron chi connectivity index (χ2n) is 5.85. The van der Waals surface area contributed by atoms with E-state index in [1.165, 1.54) is 17.4 Å². The first kappa shape index (κ1) is 18.3. The van der Waals surface area contributed by atoms with Gasteiger partial charge in [0.05, 0.1) is 10.2 Å². The Morgan fingerprint density at radius 2 is 1.81 bits per heavy atom. The summed E-state index contributed by atoms with van der Waals surface area (Å²) >= 11 is 1.33. The number of fused-ring (bicyclic) bond motifs is 1.